The fraction of sp³-hybridized carbons (Fsp3) is 0.300. The van der Waals surface area contributed by atoms with Gasteiger partial charge in [0.05, 0.1) is 19.0 Å². The molecule has 12 heteroatoms. The summed E-state index contributed by atoms with van der Waals surface area (Å²) >= 11 is 0. The molecule has 0 bridgehead atoms. The number of nitrogens with two attached hydrogens (primary N) is 1. The Morgan fingerprint density at radius 2 is 1.81 bits per heavy atom. The number of fused-ring (bicyclic) bond motifs is 1. The van der Waals surface area contributed by atoms with Gasteiger partial charge in [0.2, 0.25) is 12.7 Å². The van der Waals surface area contributed by atoms with Crippen molar-refractivity contribution in [2.45, 2.75) is 31.8 Å². The normalized spacial score (nSPS) is 15.6. The number of carbonyl (C=O) groups excluding carboxylic acids is 2. The van der Waals surface area contributed by atoms with Gasteiger partial charge in [0.15, 0.2) is 17.5 Å². The van der Waals surface area contributed by atoms with Gasteiger partial charge in [-0.2, -0.15) is 0 Å². The van der Waals surface area contributed by atoms with Crippen LogP contribution in [-0.4, -0.2) is 58.6 Å². The van der Waals surface area contributed by atoms with Gasteiger partial charge in [-0.3, -0.25) is 19.4 Å². The Kier molecular flexibility index (Phi) is 8.81. The Balaban J connectivity index is 1.15. The number of aliphatic imine (C=N–C) groups is 1. The minimum Gasteiger partial charge on any atom is -0.481 e. The Hall–Kier alpha value is -5.13. The number of carboxylic acid groups (broad SMARTS) is 1. The second kappa shape index (κ2) is 13.0. The summed E-state index contributed by atoms with van der Waals surface area (Å²) < 4.78 is 10.7. The predicted octanol–water partition coefficient (Wildman–Crippen LogP) is 2.92. The molecule has 1 unspecified atom stereocenters. The maximum Gasteiger partial charge on any atom is 0.305 e. The molecule has 0 saturated carbocycles. The van der Waals surface area contributed by atoms with E-state index in [1.165, 1.54) is 0 Å². The van der Waals surface area contributed by atoms with Crippen molar-refractivity contribution in [2.75, 3.05) is 25.2 Å². The lowest BCUT2D eigenvalue weighted by molar-refractivity contribution is -0.138. The van der Waals surface area contributed by atoms with Gasteiger partial charge in [0.25, 0.3) is 5.91 Å². The van der Waals surface area contributed by atoms with E-state index in [1.54, 1.807) is 59.8 Å². The zero-order chi connectivity index (χ0) is 29.5. The second-order valence-corrected chi connectivity index (χ2v) is 10.1. The number of guanidine groups is 1. The molecule has 42 heavy (non-hydrogen) atoms. The lowest BCUT2D eigenvalue weighted by atomic mass is 9.94. The second-order valence-electron chi connectivity index (χ2n) is 10.1. The molecule has 2 aliphatic heterocycles. The van der Waals surface area contributed by atoms with Crippen LogP contribution in [0.15, 0.2) is 72.0 Å². The molecule has 3 aromatic rings. The van der Waals surface area contributed by atoms with Crippen LogP contribution in [0.2, 0.25) is 0 Å². The number of carbonyl (C=O) groups is 3. The summed E-state index contributed by atoms with van der Waals surface area (Å²) in [6.45, 7) is 1.30. The molecule has 2 aliphatic rings. The van der Waals surface area contributed by atoms with E-state index in [-0.39, 0.29) is 36.9 Å². The van der Waals surface area contributed by atoms with Gasteiger partial charge in [-0.1, -0.05) is 12.1 Å². The third-order valence-corrected chi connectivity index (χ3v) is 7.21. The quantitative estimate of drug-likeness (QED) is 0.222. The largest absolute Gasteiger partial charge is 0.481 e. The molecule has 2 aromatic carbocycles. The van der Waals surface area contributed by atoms with Crippen molar-refractivity contribution in [3.63, 3.8) is 0 Å². The van der Waals surface area contributed by atoms with Crippen LogP contribution in [-0.2, 0) is 16.1 Å². The smallest absolute Gasteiger partial charge is 0.305 e. The van der Waals surface area contributed by atoms with E-state index in [9.17, 15) is 19.5 Å². The fourth-order valence-electron chi connectivity index (χ4n) is 4.96. The summed E-state index contributed by atoms with van der Waals surface area (Å²) in [6, 6.07) is 15.1. The number of aromatic nitrogens is 1. The van der Waals surface area contributed by atoms with Gasteiger partial charge in [-0.15, -0.1) is 0 Å². The van der Waals surface area contributed by atoms with Crippen LogP contribution < -0.4 is 25.8 Å². The molecule has 1 fully saturated rings. The number of aliphatic carboxylic acids is 1. The van der Waals surface area contributed by atoms with Crippen LogP contribution >= 0.6 is 0 Å². The first-order valence-corrected chi connectivity index (χ1v) is 13.6. The van der Waals surface area contributed by atoms with E-state index in [1.807, 2.05) is 12.1 Å². The topological polar surface area (TPSA) is 168 Å². The Labute approximate surface area is 242 Å². The zero-order valence-electron chi connectivity index (χ0n) is 22.9. The van der Waals surface area contributed by atoms with Crippen LogP contribution in [0.25, 0.3) is 0 Å². The first kappa shape index (κ1) is 28.4. The minimum atomic E-state index is -1.03. The summed E-state index contributed by atoms with van der Waals surface area (Å²) in [7, 11) is 0. The number of hydrogen-bond acceptors (Lipinski definition) is 7. The molecule has 5 N–H and O–H groups in total. The SMILES string of the molecule is NC(=NCc1ccncc1)Nc1cccc(C(=O)N2CCC(C(=O)NC(CC(=O)O)c3ccc4c(c3)OCO4)CC2)c1. The molecular formula is C30H32N6O6. The highest BCUT2D eigenvalue weighted by Crippen LogP contribution is 2.35. The molecule has 12 nitrogen and oxygen atoms in total. The molecule has 1 atom stereocenters. The third kappa shape index (κ3) is 7.14. The first-order valence-electron chi connectivity index (χ1n) is 13.6. The predicted molar refractivity (Wildman–Crippen MR) is 154 cm³/mol. The minimum absolute atomic E-state index is 0.0994. The number of nitrogens with one attached hydrogen (secondary N) is 2. The first-order chi connectivity index (χ1) is 20.4. The molecule has 218 valence electrons. The van der Waals surface area contributed by atoms with Gasteiger partial charge < -0.3 is 35.8 Å². The van der Waals surface area contributed by atoms with Gasteiger partial charge in [0.1, 0.15) is 0 Å². The standard InChI is InChI=1S/C30H32N6O6/c31-30(33-17-19-6-10-32-11-7-19)34-23-3-1-2-22(14-23)29(40)36-12-8-20(9-13-36)28(39)35-24(16-27(37)38)21-4-5-25-26(15-21)42-18-41-25/h1-7,10-11,14-15,20,24H,8-9,12-13,16-18H2,(H,35,39)(H,37,38)(H3,31,33,34). The zero-order valence-corrected chi connectivity index (χ0v) is 22.9. The molecule has 3 heterocycles. The maximum atomic E-state index is 13.2. The van der Waals surface area contributed by atoms with Gasteiger partial charge in [-0.05, 0) is 66.4 Å². The van der Waals surface area contributed by atoms with Crippen LogP contribution in [0.4, 0.5) is 5.69 Å². The molecule has 0 radical (unpaired) electrons. The number of nitrogens with zero attached hydrogens (tertiary/aromatic N) is 3. The molecule has 1 aromatic heterocycles. The summed E-state index contributed by atoms with van der Waals surface area (Å²) in [4.78, 5) is 47.9. The van der Waals surface area contributed by atoms with E-state index in [2.05, 4.69) is 20.6 Å². The van der Waals surface area contributed by atoms with Crippen molar-refractivity contribution >= 4 is 29.4 Å². The van der Waals surface area contributed by atoms with Crippen LogP contribution in [0.1, 0.15) is 46.8 Å². The molecule has 2 amide bonds. The average molecular weight is 573 g/mol. The number of amides is 2. The highest BCUT2D eigenvalue weighted by Gasteiger charge is 2.30. The number of likely N-dealkylation sites (tertiary alicyclic amines) is 1. The van der Waals surface area contributed by atoms with E-state index in [4.69, 9.17) is 15.2 Å². The third-order valence-electron chi connectivity index (χ3n) is 7.21. The van der Waals surface area contributed by atoms with Crippen molar-refractivity contribution in [2.24, 2.45) is 16.6 Å². The number of ether oxygens (including phenoxy) is 2. The fourth-order valence-corrected chi connectivity index (χ4v) is 4.96. The van der Waals surface area contributed by atoms with Crippen LogP contribution in [0, 0.1) is 5.92 Å². The summed E-state index contributed by atoms with van der Waals surface area (Å²) in [5.41, 5.74) is 8.76. The van der Waals surface area contributed by atoms with Crippen molar-refractivity contribution in [1.82, 2.24) is 15.2 Å². The van der Waals surface area contributed by atoms with Crippen LogP contribution in [0.5, 0.6) is 11.5 Å². The van der Waals surface area contributed by atoms with Crippen molar-refractivity contribution in [3.05, 3.63) is 83.7 Å². The highest BCUT2D eigenvalue weighted by molar-refractivity contribution is 5.97. The van der Waals surface area contributed by atoms with Gasteiger partial charge in [0, 0.05) is 42.7 Å². The van der Waals surface area contributed by atoms with Crippen LogP contribution in [0.3, 0.4) is 0 Å². The maximum absolute atomic E-state index is 13.2. The van der Waals surface area contributed by atoms with E-state index in [0.717, 1.165) is 5.56 Å². The molecular weight excluding hydrogens is 540 g/mol. The molecule has 1 saturated heterocycles. The number of hydrogen-bond donors (Lipinski definition) is 4. The average Bonchev–Trinajstić information content (AvgIpc) is 3.48. The van der Waals surface area contributed by atoms with E-state index >= 15 is 0 Å². The molecule has 0 aliphatic carbocycles. The van der Waals surface area contributed by atoms with E-state index in [0.29, 0.717) is 60.8 Å². The number of anilines is 1. The van der Waals surface area contributed by atoms with Gasteiger partial charge >= 0.3 is 5.97 Å². The van der Waals surface area contributed by atoms with Crippen molar-refractivity contribution < 1.29 is 29.0 Å². The summed E-state index contributed by atoms with van der Waals surface area (Å²) in [5, 5.41) is 15.4. The van der Waals surface area contributed by atoms with E-state index < -0.39 is 12.0 Å². The monoisotopic (exact) mass is 572 g/mol. The Morgan fingerprint density at radius 3 is 2.57 bits per heavy atom. The molecule has 5 rings (SSSR count). The number of benzene rings is 2. The van der Waals surface area contributed by atoms with Crippen molar-refractivity contribution in [1.29, 1.82) is 0 Å². The van der Waals surface area contributed by atoms with Gasteiger partial charge in [-0.25, -0.2) is 4.99 Å². The molecule has 0 spiro atoms. The number of carboxylic acids is 1. The summed E-state index contributed by atoms with van der Waals surface area (Å²) in [5.74, 6) is -0.434. The lowest BCUT2D eigenvalue weighted by Gasteiger charge is -2.32. The highest BCUT2D eigenvalue weighted by atomic mass is 16.7. The number of rotatable bonds is 9. The van der Waals surface area contributed by atoms with Crippen molar-refractivity contribution in [3.8, 4) is 11.5 Å². The Bertz CT molecular complexity index is 1470. The summed E-state index contributed by atoms with van der Waals surface area (Å²) in [6.07, 6.45) is 4.04. The number of piperidine rings is 1. The number of pyridine rings is 1. The lowest BCUT2D eigenvalue weighted by Crippen LogP contribution is -2.44. The Morgan fingerprint density at radius 1 is 1.05 bits per heavy atom.